The zero-order valence-electron chi connectivity index (χ0n) is 73.7. The maximum atomic E-state index is 9.73. The predicted molar refractivity (Wildman–Crippen MR) is 506 cm³/mol. The molecule has 9 aliphatic heterocycles. The second kappa shape index (κ2) is 39.7. The van der Waals surface area contributed by atoms with Gasteiger partial charge >= 0.3 is 0 Å². The minimum atomic E-state index is -0.731. The lowest BCUT2D eigenvalue weighted by atomic mass is 10.2. The number of aliphatic hydroxyl groups is 3. The number of nitrogens with zero attached hydrogens (tertiary/aromatic N) is 32. The van der Waals surface area contributed by atoms with E-state index < -0.39 is 12.1 Å². The molecule has 133 heavy (non-hydrogen) atoms. The Balaban J connectivity index is 0.000000141. The molecule has 694 valence electrons. The summed E-state index contributed by atoms with van der Waals surface area (Å²) >= 11 is 0. The Bertz CT molecular complexity index is 6760. The van der Waals surface area contributed by atoms with Crippen molar-refractivity contribution in [2.24, 2.45) is 56.1 Å². The van der Waals surface area contributed by atoms with Crippen LogP contribution in [0.5, 0.6) is 0 Å². The van der Waals surface area contributed by atoms with Crippen LogP contribution in [-0.4, -0.2) is 309 Å². The molecule has 0 spiro atoms. The third-order valence-electron chi connectivity index (χ3n) is 22.1. The average Bonchev–Trinajstić information content (AvgIpc) is 1.82. The minimum Gasteiger partial charge on any atom is -1.00 e. The van der Waals surface area contributed by atoms with Gasteiger partial charge in [0.15, 0.2) is 87.2 Å². The fraction of sp³-hybridized carbons (Fsp3) is 0.321. The van der Waals surface area contributed by atoms with E-state index in [2.05, 4.69) is 156 Å². The van der Waals surface area contributed by atoms with E-state index in [9.17, 15) is 15.3 Å². The number of likely N-dealkylation sites (N-methyl/N-ethyl adjacent to an activating group) is 2. The van der Waals surface area contributed by atoms with Gasteiger partial charge in [0.2, 0.25) is 0 Å². The van der Waals surface area contributed by atoms with Crippen molar-refractivity contribution in [2.75, 3.05) is 204 Å². The molecular formula is C81H103Cl2N47O3. The molecule has 19 rings (SSSR count). The van der Waals surface area contributed by atoms with Gasteiger partial charge in [-0.25, -0.2) is 69.8 Å². The van der Waals surface area contributed by atoms with Crippen molar-refractivity contribution in [1.29, 1.82) is 27.0 Å². The van der Waals surface area contributed by atoms with Gasteiger partial charge in [0.05, 0.1) is 181 Å². The fourth-order valence-electron chi connectivity index (χ4n) is 14.9. The molecule has 0 amide bonds. The first-order valence-corrected chi connectivity index (χ1v) is 41.5. The standard InChI is InChI=1S/C18H25N10.C17H23N10.C16H21N9O2.C15H17N9O.C15H17N9.2ClH/c1-28(2,3)11-5-7-26(10-11)17-13(20)8-12(19)16(25-17)24-14-9-23-27-15(21)4-6-22-18(14)27;1-27(2)7-5-25(6-8-27)16-12(19)9-11(18)15(24-16)23-13-10-22-26-14(20)3-4-21-17(13)26;1-24(2)13-3-4-19-16-12(6-20-25(13)16)22-15-11(18)5-10(17)14(23-15)21-9(7-26)8-27;16-9-5-10(17)14(23-4-2-8(25)7-23)22-13(9)21-11-6-20-24-12(18)1-3-19-15(11)24;16-9-7-10(17)14(23-5-1-2-6-23)22-13(9)21-11-8-20-24-12(18)3-4-19-15(11)24;;/h4,6,8-9,11,21H,5,7,10,19-20H2,1-3H3;3-4,9-10,20H,5-8,18-19H2,1-2H3;3-6,9,18,26-27H,7-8,17H2,1-2H3,(H,21,22,23);1,3,5-6,8,18,25H,2,4,7,16-17H2;3-4,7-8,18H,1-2,5-6,16-17H2;2*1H/q2*+1;;;;;/p-2. The Hall–Kier alpha value is -15.8. The second-order valence-electron chi connectivity index (χ2n) is 33.1. The van der Waals surface area contributed by atoms with Gasteiger partial charge in [0, 0.05) is 108 Å². The molecule has 9 aliphatic rings. The number of hydrogen-bond acceptors (Lipinski definition) is 42. The Labute approximate surface area is 772 Å². The first-order valence-electron chi connectivity index (χ1n) is 41.5. The summed E-state index contributed by atoms with van der Waals surface area (Å²) in [6.07, 6.45) is 20.6. The third kappa shape index (κ3) is 20.8. The van der Waals surface area contributed by atoms with E-state index in [-0.39, 0.29) is 83.1 Å². The molecule has 2 atom stereocenters. The number of nitrogen functional groups attached to an aromatic ring is 8. The van der Waals surface area contributed by atoms with E-state index in [1.807, 2.05) is 30.0 Å². The Morgan fingerprint density at radius 3 is 1.25 bits per heavy atom. The lowest BCUT2D eigenvalue weighted by Crippen LogP contribution is -3.00. The number of rotatable bonds is 14. The van der Waals surface area contributed by atoms with Crippen molar-refractivity contribution < 1.29 is 49.1 Å². The monoisotopic (exact) mass is 1850 g/mol. The first kappa shape index (κ1) is 94.8. The number of nitrogens with one attached hydrogen (secondary N) is 6. The molecule has 10 aromatic rings. The van der Waals surface area contributed by atoms with Crippen molar-refractivity contribution in [3.8, 4) is 0 Å². The van der Waals surface area contributed by atoms with Crippen molar-refractivity contribution in [1.82, 2.24) is 73.2 Å². The summed E-state index contributed by atoms with van der Waals surface area (Å²) in [6.45, 7) is 7.87. The molecule has 0 saturated carbocycles. The number of halogens is 2. The van der Waals surface area contributed by atoms with E-state index >= 15 is 0 Å². The molecule has 10 aromatic heterocycles. The number of aromatic nitrogens is 15. The van der Waals surface area contributed by atoms with Gasteiger partial charge in [-0.15, -0.1) is 0 Å². The van der Waals surface area contributed by atoms with Gasteiger partial charge in [-0.3, -0.25) is 32.0 Å². The van der Waals surface area contributed by atoms with E-state index in [4.69, 9.17) is 78.6 Å². The van der Waals surface area contributed by atoms with Crippen LogP contribution in [0.3, 0.4) is 0 Å². The van der Waals surface area contributed by atoms with Crippen molar-refractivity contribution in [3.05, 3.63) is 149 Å². The van der Waals surface area contributed by atoms with Gasteiger partial charge in [0.1, 0.15) is 62.3 Å². The number of fused-ring (bicyclic) bond motifs is 5. The lowest BCUT2D eigenvalue weighted by Gasteiger charge is -2.39. The predicted octanol–water partition coefficient (Wildman–Crippen LogP) is -6.85. The van der Waals surface area contributed by atoms with Crippen LogP contribution in [0.25, 0.3) is 5.65 Å². The van der Waals surface area contributed by atoms with Crippen LogP contribution in [-0.2, 0) is 0 Å². The number of pyridine rings is 4. The molecule has 4 saturated heterocycles. The molecular weight excluding hydrogens is 1750 g/mol. The highest BCUT2D eigenvalue weighted by Crippen LogP contribution is 2.38. The van der Waals surface area contributed by atoms with E-state index in [0.717, 1.165) is 86.4 Å². The molecule has 50 nitrogen and oxygen atoms in total. The van der Waals surface area contributed by atoms with E-state index in [1.165, 1.54) is 43.3 Å². The number of nitrogens with two attached hydrogens (primary N) is 9. The molecule has 4 fully saturated rings. The SMILES string of the molecule is CN(C)c1ccnc2c(NC3=NC(=NC(CO)CO)C(N)=CC3=N)cnn12.C[N+](C)(C)C1CCN(c2nc(N=C3C=Nn4c3nccc4=N)c(N)cc2N)C1.C[N+]1(C)CCN(c2nc(N=C3C=Nn4c3nccc4=N)c(N)cc2N)CC1.N=c1ccnc2n1N=CC2=Nc1nc(N2CCC(O)C2)c(N)cc1N.N=c1ccnc2n1N=CC2=Nc1nc(N2CCCC2)c(N)cc1N.[Cl-].[Cl-]. The third-order valence-corrected chi connectivity index (χ3v) is 22.1. The normalized spacial score (nSPS) is 18.5. The summed E-state index contributed by atoms with van der Waals surface area (Å²) in [5.41, 5.74) is 62.6. The van der Waals surface area contributed by atoms with Crippen molar-refractivity contribution in [3.63, 3.8) is 0 Å². The molecule has 19 heterocycles. The van der Waals surface area contributed by atoms with Crippen LogP contribution >= 0.6 is 0 Å². The molecule has 27 N–H and O–H groups in total. The van der Waals surface area contributed by atoms with Gasteiger partial charge in [-0.2, -0.15) is 48.7 Å². The summed E-state index contributed by atoms with van der Waals surface area (Å²) in [6, 6.07) is 14.5. The number of amidine groups is 2. The fourth-order valence-corrected chi connectivity index (χ4v) is 14.9. The number of aliphatic hydroxyl groups excluding tert-OH is 3. The summed E-state index contributed by atoms with van der Waals surface area (Å²) in [5, 5.41) is 91.6. The molecule has 0 aliphatic carbocycles. The molecule has 0 bridgehead atoms. The minimum absolute atomic E-state index is 0. The van der Waals surface area contributed by atoms with Crippen LogP contribution in [0, 0.1) is 27.0 Å². The summed E-state index contributed by atoms with van der Waals surface area (Å²) in [7, 11) is 14.8. The van der Waals surface area contributed by atoms with Crippen LogP contribution in [0.15, 0.2) is 154 Å². The van der Waals surface area contributed by atoms with E-state index in [0.29, 0.717) is 175 Å². The molecule has 52 heteroatoms. The average molecular weight is 1850 g/mol. The number of aliphatic imine (C=N–C) groups is 6. The highest BCUT2D eigenvalue weighted by molar-refractivity contribution is 6.52. The van der Waals surface area contributed by atoms with Crippen LogP contribution < -0.4 is 128 Å². The smallest absolute Gasteiger partial charge is 0.183 e. The summed E-state index contributed by atoms with van der Waals surface area (Å²) in [5.74, 6) is 7.22. The van der Waals surface area contributed by atoms with Crippen molar-refractivity contribution >= 4 is 174 Å². The second-order valence-corrected chi connectivity index (χ2v) is 33.1. The first-order chi connectivity index (χ1) is 62.7. The molecule has 0 aromatic carbocycles. The number of hydrogen-bond donors (Lipinski definition) is 18. The largest absolute Gasteiger partial charge is 1.00 e. The summed E-state index contributed by atoms with van der Waals surface area (Å²) in [4.78, 5) is 76.4. The zero-order valence-corrected chi connectivity index (χ0v) is 75.2. The number of quaternary nitrogens is 2. The van der Waals surface area contributed by atoms with Gasteiger partial charge < -0.3 is 131 Å². The van der Waals surface area contributed by atoms with Crippen LogP contribution in [0.4, 0.5) is 104 Å². The quantitative estimate of drug-likeness (QED) is 0.0450. The number of dihydropyridines is 1. The zero-order chi connectivity index (χ0) is 93.0. The van der Waals surface area contributed by atoms with Gasteiger partial charge in [-0.05, 0) is 55.7 Å². The Kier molecular flexibility index (Phi) is 28.3. The molecule has 2 unspecified atom stereocenters. The maximum absolute atomic E-state index is 9.73. The van der Waals surface area contributed by atoms with Crippen LogP contribution in [0.1, 0.15) is 49.0 Å². The van der Waals surface area contributed by atoms with Crippen molar-refractivity contribution in [2.45, 2.75) is 43.9 Å². The Morgan fingerprint density at radius 1 is 0.504 bits per heavy atom. The number of piperazine rings is 1. The van der Waals surface area contributed by atoms with Crippen LogP contribution in [0.2, 0.25) is 0 Å². The maximum Gasteiger partial charge on any atom is 0.183 e. The summed E-state index contributed by atoms with van der Waals surface area (Å²) < 4.78 is 9.16. The topological polar surface area (TPSA) is 719 Å². The lowest BCUT2D eigenvalue weighted by molar-refractivity contribution is -0.893. The van der Waals surface area contributed by atoms with Gasteiger partial charge in [-0.1, -0.05) is 0 Å². The highest BCUT2D eigenvalue weighted by Gasteiger charge is 2.36. The highest BCUT2D eigenvalue weighted by atomic mass is 35.5. The number of anilines is 14. The van der Waals surface area contributed by atoms with E-state index in [1.54, 1.807) is 96.6 Å². The van der Waals surface area contributed by atoms with Gasteiger partial charge in [0.25, 0.3) is 0 Å². The number of β-amino-alcohol motifs (C(OH)–C–C–N with tert-alkyl or cyclic N) is 1. The molecule has 0 radical (unpaired) electrons. The Morgan fingerprint density at radius 2 is 0.880 bits per heavy atom.